The third kappa shape index (κ3) is 3.61. The van der Waals surface area contributed by atoms with E-state index < -0.39 is 5.91 Å². The molecule has 0 aliphatic carbocycles. The Hall–Kier alpha value is -1.75. The molecule has 1 aliphatic heterocycles. The number of piperidine rings is 1. The van der Waals surface area contributed by atoms with Crippen LogP contribution in [0.5, 0.6) is 5.75 Å². The molecular weight excluding hydrogens is 242 g/mol. The molecule has 19 heavy (non-hydrogen) atoms. The molecule has 0 radical (unpaired) electrons. The number of hydrogen-bond donors (Lipinski definition) is 3. The average Bonchev–Trinajstić information content (AvgIpc) is 2.40. The van der Waals surface area contributed by atoms with Gasteiger partial charge in [-0.15, -0.1) is 0 Å². The van der Waals surface area contributed by atoms with Crippen molar-refractivity contribution >= 4 is 11.6 Å². The minimum absolute atomic E-state index is 0.428. The third-order valence-corrected chi connectivity index (χ3v) is 3.26. The van der Waals surface area contributed by atoms with Crippen LogP contribution >= 0.6 is 0 Å². The quantitative estimate of drug-likeness (QED) is 0.749. The summed E-state index contributed by atoms with van der Waals surface area (Å²) in [5, 5.41) is 6.80. The maximum Gasteiger partial charge on any atom is 0.252 e. The fraction of sp³-hybridized carbons (Fsp3) is 0.500. The Morgan fingerprint density at radius 2 is 2.21 bits per heavy atom. The number of carbonyl (C=O) groups excluding carboxylic acids is 1. The summed E-state index contributed by atoms with van der Waals surface area (Å²) in [6.45, 7) is 4.47. The molecule has 5 heteroatoms. The highest BCUT2D eigenvalue weighted by molar-refractivity contribution is 5.96. The number of rotatable bonds is 5. The Morgan fingerprint density at radius 1 is 1.47 bits per heavy atom. The van der Waals surface area contributed by atoms with E-state index in [1.165, 1.54) is 0 Å². The molecule has 1 fully saturated rings. The van der Waals surface area contributed by atoms with E-state index in [1.54, 1.807) is 6.07 Å². The molecule has 5 nitrogen and oxygen atoms in total. The second kappa shape index (κ2) is 6.43. The van der Waals surface area contributed by atoms with Gasteiger partial charge in [-0.25, -0.2) is 0 Å². The standard InChI is InChI=1S/C14H21N3O2/c1-2-19-13-9-11(3-4-12(13)14(15)18)17-10-5-7-16-8-6-10/h3-4,9-10,16-17H,2,5-8H2,1H3,(H2,15,18). The largest absolute Gasteiger partial charge is 0.493 e. The van der Waals surface area contributed by atoms with Crippen LogP contribution in [0.1, 0.15) is 30.1 Å². The van der Waals surface area contributed by atoms with Crippen LogP contribution in [0.25, 0.3) is 0 Å². The van der Waals surface area contributed by atoms with E-state index in [9.17, 15) is 4.79 Å². The zero-order valence-electron chi connectivity index (χ0n) is 11.2. The fourth-order valence-corrected chi connectivity index (χ4v) is 2.29. The molecule has 1 amide bonds. The lowest BCUT2D eigenvalue weighted by Crippen LogP contribution is -2.35. The first-order valence-corrected chi connectivity index (χ1v) is 6.74. The number of ether oxygens (including phenoxy) is 1. The molecule has 2 rings (SSSR count). The topological polar surface area (TPSA) is 76.4 Å². The van der Waals surface area contributed by atoms with Gasteiger partial charge in [-0.05, 0) is 45.0 Å². The van der Waals surface area contributed by atoms with Crippen LogP contribution in [0.2, 0.25) is 0 Å². The third-order valence-electron chi connectivity index (χ3n) is 3.26. The summed E-state index contributed by atoms with van der Waals surface area (Å²) in [5.41, 5.74) is 6.73. The van der Waals surface area contributed by atoms with Crippen LogP contribution in [0, 0.1) is 0 Å². The SMILES string of the molecule is CCOc1cc(NC2CCNCC2)ccc1C(N)=O. The van der Waals surface area contributed by atoms with Crippen molar-refractivity contribution in [1.82, 2.24) is 5.32 Å². The fourth-order valence-electron chi connectivity index (χ4n) is 2.29. The van der Waals surface area contributed by atoms with Crippen LogP contribution in [-0.4, -0.2) is 31.6 Å². The lowest BCUT2D eigenvalue weighted by Gasteiger charge is -2.25. The summed E-state index contributed by atoms with van der Waals surface area (Å²) in [4.78, 5) is 11.3. The van der Waals surface area contributed by atoms with Gasteiger partial charge in [0.05, 0.1) is 12.2 Å². The van der Waals surface area contributed by atoms with Crippen LogP contribution in [0.3, 0.4) is 0 Å². The second-order valence-corrected chi connectivity index (χ2v) is 4.68. The van der Waals surface area contributed by atoms with Crippen molar-refractivity contribution in [1.29, 1.82) is 0 Å². The molecule has 0 aromatic heterocycles. The molecule has 104 valence electrons. The zero-order chi connectivity index (χ0) is 13.7. The Bertz CT molecular complexity index is 442. The zero-order valence-corrected chi connectivity index (χ0v) is 11.2. The van der Waals surface area contributed by atoms with Gasteiger partial charge < -0.3 is 21.1 Å². The Morgan fingerprint density at radius 3 is 2.84 bits per heavy atom. The lowest BCUT2D eigenvalue weighted by molar-refractivity contribution is 0.0996. The van der Waals surface area contributed by atoms with E-state index in [1.807, 2.05) is 19.1 Å². The number of nitrogens with two attached hydrogens (primary N) is 1. The molecule has 0 bridgehead atoms. The molecule has 4 N–H and O–H groups in total. The van der Waals surface area contributed by atoms with Gasteiger partial charge in [0.15, 0.2) is 0 Å². The summed E-state index contributed by atoms with van der Waals surface area (Å²) < 4.78 is 5.47. The first-order chi connectivity index (χ1) is 9.20. The molecule has 0 saturated carbocycles. The molecule has 0 spiro atoms. The molecule has 1 saturated heterocycles. The predicted octanol–water partition coefficient (Wildman–Crippen LogP) is 1.35. The maximum atomic E-state index is 11.3. The van der Waals surface area contributed by atoms with Gasteiger partial charge in [-0.3, -0.25) is 4.79 Å². The van der Waals surface area contributed by atoms with E-state index in [-0.39, 0.29) is 0 Å². The van der Waals surface area contributed by atoms with Crippen LogP contribution in [0.15, 0.2) is 18.2 Å². The van der Waals surface area contributed by atoms with Crippen molar-refractivity contribution in [2.75, 3.05) is 25.0 Å². The second-order valence-electron chi connectivity index (χ2n) is 4.68. The Balaban J connectivity index is 2.12. The van der Waals surface area contributed by atoms with Crippen molar-refractivity contribution in [2.45, 2.75) is 25.8 Å². The van der Waals surface area contributed by atoms with Crippen LogP contribution in [0.4, 0.5) is 5.69 Å². The van der Waals surface area contributed by atoms with Crippen molar-refractivity contribution in [2.24, 2.45) is 5.73 Å². The number of anilines is 1. The van der Waals surface area contributed by atoms with Gasteiger partial charge in [0, 0.05) is 17.8 Å². The number of amides is 1. The normalized spacial score (nSPS) is 16.1. The molecule has 0 unspecified atom stereocenters. The number of hydrogen-bond acceptors (Lipinski definition) is 4. The van der Waals surface area contributed by atoms with E-state index >= 15 is 0 Å². The van der Waals surface area contributed by atoms with Crippen molar-refractivity contribution in [3.05, 3.63) is 23.8 Å². The first kappa shape index (κ1) is 13.7. The monoisotopic (exact) mass is 263 g/mol. The van der Waals surface area contributed by atoms with Gasteiger partial charge in [-0.1, -0.05) is 0 Å². The van der Waals surface area contributed by atoms with Gasteiger partial charge in [0.2, 0.25) is 0 Å². The predicted molar refractivity (Wildman–Crippen MR) is 75.6 cm³/mol. The summed E-state index contributed by atoms with van der Waals surface area (Å²) in [6, 6.07) is 5.92. The smallest absolute Gasteiger partial charge is 0.252 e. The van der Waals surface area contributed by atoms with Crippen LogP contribution in [-0.2, 0) is 0 Å². The van der Waals surface area contributed by atoms with Gasteiger partial charge >= 0.3 is 0 Å². The maximum absolute atomic E-state index is 11.3. The molecule has 1 aromatic carbocycles. The average molecular weight is 263 g/mol. The van der Waals surface area contributed by atoms with Gasteiger partial charge in [0.1, 0.15) is 5.75 Å². The summed E-state index contributed by atoms with van der Waals surface area (Å²) in [6.07, 6.45) is 2.20. The first-order valence-electron chi connectivity index (χ1n) is 6.74. The summed E-state index contributed by atoms with van der Waals surface area (Å²) in [7, 11) is 0. The number of primary amides is 1. The Labute approximate surface area is 113 Å². The van der Waals surface area contributed by atoms with Gasteiger partial charge in [-0.2, -0.15) is 0 Å². The molecule has 1 heterocycles. The summed E-state index contributed by atoms with van der Waals surface area (Å²) in [5.74, 6) is 0.0887. The highest BCUT2D eigenvalue weighted by atomic mass is 16.5. The van der Waals surface area contributed by atoms with E-state index in [2.05, 4.69) is 10.6 Å². The minimum Gasteiger partial charge on any atom is -0.493 e. The summed E-state index contributed by atoms with van der Waals surface area (Å²) >= 11 is 0. The van der Waals surface area contributed by atoms with Crippen molar-refractivity contribution in [3.63, 3.8) is 0 Å². The lowest BCUT2D eigenvalue weighted by atomic mass is 10.1. The van der Waals surface area contributed by atoms with Crippen LogP contribution < -0.4 is 21.1 Å². The number of carbonyl (C=O) groups is 1. The number of benzene rings is 1. The molecular formula is C14H21N3O2. The molecule has 1 aromatic rings. The van der Waals surface area contributed by atoms with Gasteiger partial charge in [0.25, 0.3) is 5.91 Å². The molecule has 1 aliphatic rings. The molecule has 0 atom stereocenters. The highest BCUT2D eigenvalue weighted by Crippen LogP contribution is 2.24. The van der Waals surface area contributed by atoms with E-state index in [4.69, 9.17) is 10.5 Å². The van der Waals surface area contributed by atoms with Crippen molar-refractivity contribution in [3.8, 4) is 5.75 Å². The number of nitrogens with one attached hydrogen (secondary N) is 2. The Kier molecular flexibility index (Phi) is 4.63. The minimum atomic E-state index is -0.461. The van der Waals surface area contributed by atoms with E-state index in [0.29, 0.717) is 24.0 Å². The van der Waals surface area contributed by atoms with Crippen molar-refractivity contribution < 1.29 is 9.53 Å². The highest BCUT2D eigenvalue weighted by Gasteiger charge is 2.14. The van der Waals surface area contributed by atoms with E-state index in [0.717, 1.165) is 31.6 Å².